The largest absolute Gasteiger partial charge is 0.487 e. The smallest absolute Gasteiger partial charge is 0.243 e. The molecule has 1 atom stereocenters. The number of carbonyl (C=O) groups is 2. The molecule has 3 aromatic rings. The fourth-order valence-electron chi connectivity index (χ4n) is 3.47. The number of ether oxygens (including phenoxy) is 1. The molecular formula is C24H21BrClN3O3. The molecule has 0 aromatic heterocycles. The minimum atomic E-state index is -0.449. The van der Waals surface area contributed by atoms with Gasteiger partial charge in [0.25, 0.3) is 0 Å². The Labute approximate surface area is 199 Å². The summed E-state index contributed by atoms with van der Waals surface area (Å²) in [5.41, 5.74) is 7.89. The Hall–Kier alpha value is -3.03. The zero-order valence-corrected chi connectivity index (χ0v) is 19.4. The van der Waals surface area contributed by atoms with Crippen LogP contribution in [0, 0.1) is 5.92 Å². The Balaban J connectivity index is 1.39. The molecule has 6 nitrogen and oxygen atoms in total. The van der Waals surface area contributed by atoms with E-state index in [9.17, 15) is 9.59 Å². The molecule has 2 N–H and O–H groups in total. The van der Waals surface area contributed by atoms with Gasteiger partial charge in [-0.1, -0.05) is 63.9 Å². The summed E-state index contributed by atoms with van der Waals surface area (Å²) < 4.78 is 6.75. The van der Waals surface area contributed by atoms with Gasteiger partial charge in [-0.25, -0.2) is 0 Å². The molecule has 2 amide bonds. The monoisotopic (exact) mass is 513 g/mol. The van der Waals surface area contributed by atoms with Crippen molar-refractivity contribution in [2.45, 2.75) is 13.0 Å². The van der Waals surface area contributed by atoms with Crippen LogP contribution >= 0.6 is 27.5 Å². The van der Waals surface area contributed by atoms with Crippen LogP contribution in [0.15, 0.2) is 77.3 Å². The number of benzene rings is 3. The molecule has 4 rings (SSSR count). The molecular weight excluding hydrogens is 494 g/mol. The number of nitrogens with zero attached hydrogens (tertiary/aromatic N) is 1. The van der Waals surface area contributed by atoms with Gasteiger partial charge < -0.3 is 9.64 Å². The van der Waals surface area contributed by atoms with Gasteiger partial charge in [0.1, 0.15) is 12.4 Å². The van der Waals surface area contributed by atoms with Gasteiger partial charge in [0.2, 0.25) is 11.8 Å². The van der Waals surface area contributed by atoms with E-state index < -0.39 is 5.92 Å². The summed E-state index contributed by atoms with van der Waals surface area (Å²) >= 11 is 9.65. The summed E-state index contributed by atoms with van der Waals surface area (Å²) in [7, 11) is 0. The van der Waals surface area contributed by atoms with Crippen molar-refractivity contribution in [3.63, 3.8) is 0 Å². The van der Waals surface area contributed by atoms with Gasteiger partial charge in [0, 0.05) is 33.7 Å². The summed E-state index contributed by atoms with van der Waals surface area (Å²) in [6.07, 6.45) is 0.163. The molecule has 1 heterocycles. The number of hydrazine groups is 1. The van der Waals surface area contributed by atoms with Gasteiger partial charge in [0.15, 0.2) is 0 Å². The zero-order valence-electron chi connectivity index (χ0n) is 17.1. The highest BCUT2D eigenvalue weighted by Gasteiger charge is 2.35. The molecule has 1 aliphatic rings. The van der Waals surface area contributed by atoms with E-state index >= 15 is 0 Å². The predicted octanol–water partition coefficient (Wildman–Crippen LogP) is 5.18. The lowest BCUT2D eigenvalue weighted by Crippen LogP contribution is -2.36. The standard InChI is InChI=1S/C24H21BrClN3O3/c25-18-10-11-22(32-15-16-6-4-5-9-20(16)26)21(13-18)27-28-24(31)17-12-23(30)29(14-17)19-7-2-1-3-8-19/h1-11,13,17,27H,12,14-15H2,(H,28,31)/t17-/m0/s1. The maximum atomic E-state index is 12.7. The van der Waals surface area contributed by atoms with Crippen LogP contribution in [0.1, 0.15) is 12.0 Å². The molecule has 0 spiro atoms. The van der Waals surface area contributed by atoms with E-state index in [2.05, 4.69) is 26.8 Å². The van der Waals surface area contributed by atoms with Crippen molar-refractivity contribution in [2.24, 2.45) is 5.92 Å². The predicted molar refractivity (Wildman–Crippen MR) is 129 cm³/mol. The van der Waals surface area contributed by atoms with E-state index in [-0.39, 0.29) is 24.8 Å². The van der Waals surface area contributed by atoms with Crippen molar-refractivity contribution in [1.82, 2.24) is 5.43 Å². The average Bonchev–Trinajstić information content (AvgIpc) is 3.20. The zero-order chi connectivity index (χ0) is 22.5. The van der Waals surface area contributed by atoms with Crippen molar-refractivity contribution < 1.29 is 14.3 Å². The quantitative estimate of drug-likeness (QED) is 0.426. The number of halogens is 2. The number of para-hydroxylation sites is 1. The molecule has 1 fully saturated rings. The van der Waals surface area contributed by atoms with Crippen molar-refractivity contribution >= 4 is 50.7 Å². The Morgan fingerprint density at radius 2 is 1.84 bits per heavy atom. The molecule has 8 heteroatoms. The number of carbonyl (C=O) groups excluding carboxylic acids is 2. The van der Waals surface area contributed by atoms with Crippen LogP contribution < -0.4 is 20.5 Å². The van der Waals surface area contributed by atoms with Crippen molar-refractivity contribution in [3.05, 3.63) is 87.9 Å². The van der Waals surface area contributed by atoms with E-state index in [4.69, 9.17) is 16.3 Å². The Kier molecular flexibility index (Phi) is 6.97. The SMILES string of the molecule is O=C(NNc1cc(Br)ccc1OCc1ccccc1Cl)[C@H]1CC(=O)N(c2ccccc2)C1. The molecule has 164 valence electrons. The first-order valence-corrected chi connectivity index (χ1v) is 11.3. The minimum absolute atomic E-state index is 0.0671. The average molecular weight is 515 g/mol. The number of amides is 2. The van der Waals surface area contributed by atoms with Crippen LogP contribution in [0.3, 0.4) is 0 Å². The van der Waals surface area contributed by atoms with Crippen LogP contribution in [0.25, 0.3) is 0 Å². The minimum Gasteiger partial charge on any atom is -0.487 e. The van der Waals surface area contributed by atoms with E-state index in [1.807, 2.05) is 60.7 Å². The first-order valence-electron chi connectivity index (χ1n) is 10.1. The molecule has 0 saturated carbocycles. The maximum Gasteiger partial charge on any atom is 0.243 e. The molecule has 1 saturated heterocycles. The normalized spacial score (nSPS) is 15.5. The van der Waals surface area contributed by atoms with Gasteiger partial charge in [-0.3, -0.25) is 20.4 Å². The summed E-state index contributed by atoms with van der Waals surface area (Å²) in [5, 5.41) is 0.626. The maximum absolute atomic E-state index is 12.7. The lowest BCUT2D eigenvalue weighted by atomic mass is 10.1. The second-order valence-corrected chi connectivity index (χ2v) is 8.70. The van der Waals surface area contributed by atoms with Crippen LogP contribution in [-0.2, 0) is 16.2 Å². The molecule has 0 bridgehead atoms. The van der Waals surface area contributed by atoms with Gasteiger partial charge >= 0.3 is 0 Å². The molecule has 32 heavy (non-hydrogen) atoms. The van der Waals surface area contributed by atoms with Crippen molar-refractivity contribution in [1.29, 1.82) is 0 Å². The summed E-state index contributed by atoms with van der Waals surface area (Å²) in [6.45, 7) is 0.623. The molecule has 0 unspecified atom stereocenters. The highest BCUT2D eigenvalue weighted by Crippen LogP contribution is 2.30. The highest BCUT2D eigenvalue weighted by atomic mass is 79.9. The van der Waals surface area contributed by atoms with E-state index in [0.717, 1.165) is 15.7 Å². The topological polar surface area (TPSA) is 70.7 Å². The van der Waals surface area contributed by atoms with Gasteiger partial charge in [0.05, 0.1) is 11.6 Å². The first kappa shape index (κ1) is 22.2. The fraction of sp³-hybridized carbons (Fsp3) is 0.167. The molecule has 1 aliphatic heterocycles. The van der Waals surface area contributed by atoms with Crippen LogP contribution in [0.5, 0.6) is 5.75 Å². The Bertz CT molecular complexity index is 1130. The third-order valence-corrected chi connectivity index (χ3v) is 6.03. The second-order valence-electron chi connectivity index (χ2n) is 7.38. The van der Waals surface area contributed by atoms with Gasteiger partial charge in [-0.15, -0.1) is 0 Å². The van der Waals surface area contributed by atoms with Gasteiger partial charge in [-0.2, -0.15) is 0 Å². The third-order valence-electron chi connectivity index (χ3n) is 5.17. The summed E-state index contributed by atoms with van der Waals surface area (Å²) in [5.74, 6) is -0.215. The van der Waals surface area contributed by atoms with Crippen LogP contribution in [0.2, 0.25) is 5.02 Å². The number of nitrogens with one attached hydrogen (secondary N) is 2. The number of hydrogen-bond donors (Lipinski definition) is 2. The van der Waals surface area contributed by atoms with Crippen molar-refractivity contribution in [3.8, 4) is 5.75 Å². The van der Waals surface area contributed by atoms with Crippen LogP contribution in [-0.4, -0.2) is 18.4 Å². The Morgan fingerprint density at radius 3 is 2.62 bits per heavy atom. The summed E-state index contributed by atoms with van der Waals surface area (Å²) in [6, 6.07) is 22.3. The second kappa shape index (κ2) is 10.1. The molecule has 0 radical (unpaired) electrons. The van der Waals surface area contributed by atoms with E-state index in [1.165, 1.54) is 0 Å². The van der Waals surface area contributed by atoms with E-state index in [0.29, 0.717) is 23.0 Å². The lowest BCUT2D eigenvalue weighted by molar-refractivity contribution is -0.125. The number of anilines is 2. The van der Waals surface area contributed by atoms with Gasteiger partial charge in [-0.05, 0) is 36.4 Å². The molecule has 3 aromatic carbocycles. The first-order chi connectivity index (χ1) is 15.5. The Morgan fingerprint density at radius 1 is 1.09 bits per heavy atom. The lowest BCUT2D eigenvalue weighted by Gasteiger charge is -2.18. The summed E-state index contributed by atoms with van der Waals surface area (Å²) in [4.78, 5) is 26.8. The molecule has 0 aliphatic carbocycles. The van der Waals surface area contributed by atoms with Crippen LogP contribution in [0.4, 0.5) is 11.4 Å². The number of hydrogen-bond acceptors (Lipinski definition) is 4. The number of rotatable bonds is 7. The van der Waals surface area contributed by atoms with E-state index in [1.54, 1.807) is 17.0 Å². The third kappa shape index (κ3) is 5.23. The van der Waals surface area contributed by atoms with Crippen molar-refractivity contribution in [2.75, 3.05) is 16.9 Å². The highest BCUT2D eigenvalue weighted by molar-refractivity contribution is 9.10. The fourth-order valence-corrected chi connectivity index (χ4v) is 4.02.